The zero-order valence-electron chi connectivity index (χ0n) is 12.3. The van der Waals surface area contributed by atoms with E-state index < -0.39 is 4.92 Å². The molecule has 1 atom stereocenters. The number of carbonyl (C=O) groups is 1. The summed E-state index contributed by atoms with van der Waals surface area (Å²) in [6.45, 7) is 2.15. The van der Waals surface area contributed by atoms with E-state index in [2.05, 4.69) is 0 Å². The van der Waals surface area contributed by atoms with Crippen LogP contribution in [0.25, 0.3) is 0 Å². The molecule has 0 bridgehead atoms. The van der Waals surface area contributed by atoms with E-state index in [9.17, 15) is 14.9 Å². The second-order valence-corrected chi connectivity index (χ2v) is 5.54. The third-order valence-corrected chi connectivity index (χ3v) is 4.12. The quantitative estimate of drug-likeness (QED) is 0.454. The van der Waals surface area contributed by atoms with Crippen molar-refractivity contribution in [1.29, 1.82) is 0 Å². The number of nitro groups is 1. The molecule has 0 heterocycles. The standard InChI is InChI=1S/C16H21NO4/c1-2-21-16(18)15(11-12-5-3-4-6-12)13-7-9-14(10-8-13)17(19)20/h7-10,12,15H,2-6,11H2,1H3. The summed E-state index contributed by atoms with van der Waals surface area (Å²) < 4.78 is 5.17. The molecule has 1 aromatic rings. The monoisotopic (exact) mass is 291 g/mol. The van der Waals surface area contributed by atoms with E-state index >= 15 is 0 Å². The average Bonchev–Trinajstić information content (AvgIpc) is 2.98. The van der Waals surface area contributed by atoms with Crippen LogP contribution >= 0.6 is 0 Å². The maximum atomic E-state index is 12.2. The SMILES string of the molecule is CCOC(=O)C(CC1CCCC1)c1ccc([N+](=O)[O-])cc1. The first-order valence-corrected chi connectivity index (χ1v) is 7.52. The second-order valence-electron chi connectivity index (χ2n) is 5.54. The van der Waals surface area contributed by atoms with Gasteiger partial charge < -0.3 is 4.74 Å². The molecule has 1 aliphatic carbocycles. The predicted molar refractivity (Wildman–Crippen MR) is 79.0 cm³/mol. The normalized spacial score (nSPS) is 16.6. The second kappa shape index (κ2) is 7.20. The molecular weight excluding hydrogens is 270 g/mol. The summed E-state index contributed by atoms with van der Waals surface area (Å²) in [7, 11) is 0. The number of rotatable bonds is 6. The summed E-state index contributed by atoms with van der Waals surface area (Å²) in [4.78, 5) is 22.5. The van der Waals surface area contributed by atoms with E-state index in [-0.39, 0.29) is 17.6 Å². The van der Waals surface area contributed by atoms with Gasteiger partial charge in [0.05, 0.1) is 17.4 Å². The molecule has 0 spiro atoms. The maximum absolute atomic E-state index is 12.2. The first-order valence-electron chi connectivity index (χ1n) is 7.52. The molecule has 0 amide bonds. The van der Waals surface area contributed by atoms with Gasteiger partial charge >= 0.3 is 5.97 Å². The summed E-state index contributed by atoms with van der Waals surface area (Å²) in [6.07, 6.45) is 5.53. The van der Waals surface area contributed by atoms with Crippen molar-refractivity contribution < 1.29 is 14.5 Å². The van der Waals surface area contributed by atoms with Crippen molar-refractivity contribution in [2.75, 3.05) is 6.61 Å². The Morgan fingerprint density at radius 3 is 2.48 bits per heavy atom. The number of non-ortho nitro benzene ring substituents is 1. The van der Waals surface area contributed by atoms with E-state index in [1.165, 1.54) is 25.0 Å². The zero-order chi connectivity index (χ0) is 15.2. The molecule has 21 heavy (non-hydrogen) atoms. The van der Waals surface area contributed by atoms with Gasteiger partial charge in [0.25, 0.3) is 5.69 Å². The van der Waals surface area contributed by atoms with Gasteiger partial charge in [-0.25, -0.2) is 0 Å². The molecule has 0 saturated heterocycles. The molecule has 5 nitrogen and oxygen atoms in total. The van der Waals surface area contributed by atoms with Crippen molar-refractivity contribution in [3.63, 3.8) is 0 Å². The minimum atomic E-state index is -0.430. The van der Waals surface area contributed by atoms with Crippen molar-refractivity contribution in [2.45, 2.75) is 44.9 Å². The van der Waals surface area contributed by atoms with E-state index in [1.807, 2.05) is 0 Å². The number of ether oxygens (including phenoxy) is 1. The minimum absolute atomic E-state index is 0.0437. The van der Waals surface area contributed by atoms with Crippen LogP contribution in [-0.4, -0.2) is 17.5 Å². The molecule has 0 N–H and O–H groups in total. The Morgan fingerprint density at radius 1 is 1.33 bits per heavy atom. The van der Waals surface area contributed by atoms with Gasteiger partial charge in [0.2, 0.25) is 0 Å². The fraction of sp³-hybridized carbons (Fsp3) is 0.562. The number of nitrogens with zero attached hydrogens (tertiary/aromatic N) is 1. The van der Waals surface area contributed by atoms with Gasteiger partial charge in [-0.1, -0.05) is 37.8 Å². The summed E-state index contributed by atoms with van der Waals surface area (Å²) in [5.41, 5.74) is 0.855. The molecule has 0 aromatic heterocycles. The van der Waals surface area contributed by atoms with Gasteiger partial charge in [-0.3, -0.25) is 14.9 Å². The molecule has 1 fully saturated rings. The van der Waals surface area contributed by atoms with Crippen molar-refractivity contribution in [1.82, 2.24) is 0 Å². The van der Waals surface area contributed by atoms with Crippen LogP contribution in [0.15, 0.2) is 24.3 Å². The Kier molecular flexibility index (Phi) is 5.31. The smallest absolute Gasteiger partial charge is 0.313 e. The molecule has 0 radical (unpaired) electrons. The Morgan fingerprint density at radius 2 is 1.95 bits per heavy atom. The van der Waals surface area contributed by atoms with Crippen LogP contribution in [0.1, 0.15) is 50.5 Å². The number of hydrogen-bond acceptors (Lipinski definition) is 4. The lowest BCUT2D eigenvalue weighted by atomic mass is 9.88. The van der Waals surface area contributed by atoms with Crippen LogP contribution in [0.4, 0.5) is 5.69 Å². The van der Waals surface area contributed by atoms with E-state index in [1.54, 1.807) is 19.1 Å². The lowest BCUT2D eigenvalue weighted by Crippen LogP contribution is -2.18. The Hall–Kier alpha value is -1.91. The van der Waals surface area contributed by atoms with Crippen LogP contribution < -0.4 is 0 Å². The highest BCUT2D eigenvalue weighted by Gasteiger charge is 2.27. The van der Waals surface area contributed by atoms with Gasteiger partial charge in [0, 0.05) is 12.1 Å². The number of esters is 1. The van der Waals surface area contributed by atoms with Crippen LogP contribution in [0, 0.1) is 16.0 Å². The van der Waals surface area contributed by atoms with E-state index in [4.69, 9.17) is 4.74 Å². The van der Waals surface area contributed by atoms with Gasteiger partial charge in [0.15, 0.2) is 0 Å². The van der Waals surface area contributed by atoms with E-state index in [0.29, 0.717) is 12.5 Å². The summed E-state index contributed by atoms with van der Waals surface area (Å²) in [5, 5.41) is 10.7. The lowest BCUT2D eigenvalue weighted by Gasteiger charge is -2.19. The summed E-state index contributed by atoms with van der Waals surface area (Å²) in [5.74, 6) is 0.0155. The average molecular weight is 291 g/mol. The fourth-order valence-electron chi connectivity index (χ4n) is 3.02. The third-order valence-electron chi connectivity index (χ3n) is 4.12. The number of nitro benzene ring substituents is 1. The lowest BCUT2D eigenvalue weighted by molar-refractivity contribution is -0.384. The number of carbonyl (C=O) groups excluding carboxylic acids is 1. The molecule has 1 aromatic carbocycles. The summed E-state index contributed by atoms with van der Waals surface area (Å²) >= 11 is 0. The number of hydrogen-bond donors (Lipinski definition) is 0. The third kappa shape index (κ3) is 4.03. The fourth-order valence-corrected chi connectivity index (χ4v) is 3.02. The van der Waals surface area contributed by atoms with Crippen LogP contribution in [-0.2, 0) is 9.53 Å². The first-order chi connectivity index (χ1) is 10.1. The Balaban J connectivity index is 2.16. The molecule has 1 aliphatic rings. The van der Waals surface area contributed by atoms with Crippen molar-refractivity contribution in [3.05, 3.63) is 39.9 Å². The minimum Gasteiger partial charge on any atom is -0.466 e. The molecule has 5 heteroatoms. The molecular formula is C16H21NO4. The van der Waals surface area contributed by atoms with Gasteiger partial charge in [-0.15, -0.1) is 0 Å². The largest absolute Gasteiger partial charge is 0.466 e. The van der Waals surface area contributed by atoms with Crippen LogP contribution in [0.2, 0.25) is 0 Å². The van der Waals surface area contributed by atoms with Crippen molar-refractivity contribution in [2.24, 2.45) is 5.92 Å². The highest BCUT2D eigenvalue weighted by atomic mass is 16.6. The number of benzene rings is 1. The molecule has 1 saturated carbocycles. The van der Waals surface area contributed by atoms with Gasteiger partial charge in [-0.05, 0) is 24.8 Å². The molecule has 114 valence electrons. The van der Waals surface area contributed by atoms with Gasteiger partial charge in [0.1, 0.15) is 0 Å². The van der Waals surface area contributed by atoms with Gasteiger partial charge in [-0.2, -0.15) is 0 Å². The molecule has 2 rings (SSSR count). The van der Waals surface area contributed by atoms with Crippen LogP contribution in [0.5, 0.6) is 0 Å². The maximum Gasteiger partial charge on any atom is 0.313 e. The van der Waals surface area contributed by atoms with E-state index in [0.717, 1.165) is 24.8 Å². The van der Waals surface area contributed by atoms with Crippen LogP contribution in [0.3, 0.4) is 0 Å². The first kappa shape index (κ1) is 15.5. The highest BCUT2D eigenvalue weighted by Crippen LogP contribution is 2.35. The molecule has 1 unspecified atom stereocenters. The highest BCUT2D eigenvalue weighted by molar-refractivity contribution is 5.78. The summed E-state index contributed by atoms with van der Waals surface area (Å²) in [6, 6.07) is 6.26. The predicted octanol–water partition coefficient (Wildman–Crippen LogP) is 3.82. The van der Waals surface area contributed by atoms with Crippen molar-refractivity contribution >= 4 is 11.7 Å². The topological polar surface area (TPSA) is 69.4 Å². The Labute approximate surface area is 124 Å². The zero-order valence-corrected chi connectivity index (χ0v) is 12.3. The molecule has 0 aliphatic heterocycles. The Bertz CT molecular complexity index is 492. The van der Waals surface area contributed by atoms with Crippen molar-refractivity contribution in [3.8, 4) is 0 Å².